The summed E-state index contributed by atoms with van der Waals surface area (Å²) < 4.78 is 13.0. The third kappa shape index (κ3) is 5.36. The normalized spacial score (nSPS) is 13.0. The number of rotatable bonds is 7. The van der Waals surface area contributed by atoms with E-state index in [2.05, 4.69) is 26.1 Å². The van der Waals surface area contributed by atoms with Gasteiger partial charge < -0.3 is 5.32 Å². The van der Waals surface area contributed by atoms with Gasteiger partial charge in [-0.25, -0.2) is 4.39 Å². The summed E-state index contributed by atoms with van der Waals surface area (Å²) >= 11 is 6.08. The van der Waals surface area contributed by atoms with E-state index < -0.39 is 0 Å². The summed E-state index contributed by atoms with van der Waals surface area (Å²) in [4.78, 5) is 0. The van der Waals surface area contributed by atoms with Crippen LogP contribution in [-0.2, 0) is 6.42 Å². The molecule has 0 saturated carbocycles. The fourth-order valence-electron chi connectivity index (χ4n) is 2.09. The fourth-order valence-corrected chi connectivity index (χ4v) is 2.33. The highest BCUT2D eigenvalue weighted by molar-refractivity contribution is 6.31. The Bertz CT molecular complexity index is 366. The van der Waals surface area contributed by atoms with E-state index in [1.165, 1.54) is 12.1 Å². The molecule has 1 rings (SSSR count). The first-order chi connectivity index (χ1) is 8.52. The molecule has 0 heterocycles. The van der Waals surface area contributed by atoms with Crippen LogP contribution in [0.4, 0.5) is 4.39 Å². The largest absolute Gasteiger partial charge is 0.314 e. The van der Waals surface area contributed by atoms with Gasteiger partial charge in [-0.05, 0) is 43.0 Å². The molecule has 1 atom stereocenters. The highest BCUT2D eigenvalue weighted by Gasteiger charge is 2.12. The molecular formula is C15H23ClFN. The zero-order valence-corrected chi connectivity index (χ0v) is 12.2. The van der Waals surface area contributed by atoms with Gasteiger partial charge >= 0.3 is 0 Å². The number of benzene rings is 1. The quantitative estimate of drug-likeness (QED) is 0.773. The molecule has 1 unspecified atom stereocenters. The Hall–Kier alpha value is -0.600. The molecule has 0 saturated heterocycles. The molecule has 0 amide bonds. The Morgan fingerprint density at radius 1 is 1.33 bits per heavy atom. The second-order valence-corrected chi connectivity index (χ2v) is 5.56. The third-order valence-electron chi connectivity index (χ3n) is 3.04. The van der Waals surface area contributed by atoms with E-state index in [0.717, 1.165) is 31.4 Å². The highest BCUT2D eigenvalue weighted by atomic mass is 35.5. The van der Waals surface area contributed by atoms with E-state index in [9.17, 15) is 4.39 Å². The molecule has 1 aromatic carbocycles. The second-order valence-electron chi connectivity index (χ2n) is 5.16. The molecule has 102 valence electrons. The Morgan fingerprint density at radius 2 is 2.06 bits per heavy atom. The molecule has 0 aliphatic carbocycles. The van der Waals surface area contributed by atoms with Gasteiger partial charge in [0.05, 0.1) is 0 Å². The van der Waals surface area contributed by atoms with Crippen LogP contribution < -0.4 is 5.32 Å². The van der Waals surface area contributed by atoms with Gasteiger partial charge in [0.15, 0.2) is 0 Å². The van der Waals surface area contributed by atoms with E-state index >= 15 is 0 Å². The first-order valence-electron chi connectivity index (χ1n) is 6.70. The summed E-state index contributed by atoms with van der Waals surface area (Å²) in [5.74, 6) is 0.288. The van der Waals surface area contributed by atoms with E-state index in [-0.39, 0.29) is 5.82 Å². The minimum absolute atomic E-state index is 0.268. The average molecular weight is 272 g/mol. The topological polar surface area (TPSA) is 12.0 Å². The molecule has 1 N–H and O–H groups in total. The smallest absolute Gasteiger partial charge is 0.124 e. The maximum absolute atomic E-state index is 13.0. The minimum atomic E-state index is -0.268. The zero-order valence-electron chi connectivity index (χ0n) is 11.5. The van der Waals surface area contributed by atoms with E-state index in [1.54, 1.807) is 6.07 Å². The van der Waals surface area contributed by atoms with Gasteiger partial charge in [0.25, 0.3) is 0 Å². The molecule has 0 spiro atoms. The molecule has 18 heavy (non-hydrogen) atoms. The van der Waals surface area contributed by atoms with Crippen LogP contribution in [0.2, 0.25) is 5.02 Å². The number of hydrogen-bond donors (Lipinski definition) is 1. The zero-order chi connectivity index (χ0) is 13.5. The van der Waals surface area contributed by atoms with Gasteiger partial charge in [-0.3, -0.25) is 0 Å². The fraction of sp³-hybridized carbons (Fsp3) is 0.600. The summed E-state index contributed by atoms with van der Waals surface area (Å²) in [6.45, 7) is 7.47. The van der Waals surface area contributed by atoms with Gasteiger partial charge in [-0.2, -0.15) is 0 Å². The van der Waals surface area contributed by atoms with Gasteiger partial charge in [0.2, 0.25) is 0 Å². The molecule has 0 aliphatic rings. The van der Waals surface area contributed by atoms with Crippen molar-refractivity contribution in [2.45, 2.75) is 46.1 Å². The lowest BCUT2D eigenvalue weighted by molar-refractivity contribution is 0.418. The van der Waals surface area contributed by atoms with E-state index in [4.69, 9.17) is 11.6 Å². The van der Waals surface area contributed by atoms with Crippen molar-refractivity contribution in [1.29, 1.82) is 0 Å². The van der Waals surface area contributed by atoms with E-state index in [1.807, 2.05) is 0 Å². The third-order valence-corrected chi connectivity index (χ3v) is 3.39. The van der Waals surface area contributed by atoms with Crippen LogP contribution in [0.15, 0.2) is 18.2 Å². The molecule has 0 aliphatic heterocycles. The molecule has 3 heteroatoms. The summed E-state index contributed by atoms with van der Waals surface area (Å²) in [5.41, 5.74) is 1.04. The van der Waals surface area contributed by atoms with Gasteiger partial charge in [-0.1, -0.05) is 44.9 Å². The molecule has 0 aromatic heterocycles. The van der Waals surface area contributed by atoms with Crippen molar-refractivity contribution in [3.8, 4) is 0 Å². The number of hydrogen-bond acceptors (Lipinski definition) is 1. The van der Waals surface area contributed by atoms with Crippen molar-refractivity contribution in [1.82, 2.24) is 5.32 Å². The van der Waals surface area contributed by atoms with Gasteiger partial charge in [0.1, 0.15) is 5.82 Å². The summed E-state index contributed by atoms with van der Waals surface area (Å²) in [6, 6.07) is 5.18. The van der Waals surface area contributed by atoms with Crippen molar-refractivity contribution in [2.75, 3.05) is 6.54 Å². The number of halogens is 2. The summed E-state index contributed by atoms with van der Waals surface area (Å²) in [7, 11) is 0. The predicted molar refractivity (Wildman–Crippen MR) is 76.7 cm³/mol. The minimum Gasteiger partial charge on any atom is -0.314 e. The Morgan fingerprint density at radius 3 is 2.61 bits per heavy atom. The summed E-state index contributed by atoms with van der Waals surface area (Å²) in [6.07, 6.45) is 3.23. The van der Waals surface area contributed by atoms with Gasteiger partial charge in [0, 0.05) is 11.1 Å². The lowest BCUT2D eigenvalue weighted by atomic mass is 9.94. The Balaban J connectivity index is 2.64. The predicted octanol–water partition coefficient (Wildman–Crippen LogP) is 4.44. The SMILES string of the molecule is CCCC(CNC(C)C)Cc1ccc(F)cc1Cl. The monoisotopic (exact) mass is 271 g/mol. The van der Waals surface area contributed by atoms with Gasteiger partial charge in [-0.15, -0.1) is 0 Å². The molecule has 0 bridgehead atoms. The van der Waals surface area contributed by atoms with Crippen molar-refractivity contribution >= 4 is 11.6 Å². The van der Waals surface area contributed by atoms with Crippen LogP contribution in [0.5, 0.6) is 0 Å². The van der Waals surface area contributed by atoms with Crippen LogP contribution in [0.3, 0.4) is 0 Å². The van der Waals surface area contributed by atoms with Crippen molar-refractivity contribution < 1.29 is 4.39 Å². The summed E-state index contributed by atoms with van der Waals surface area (Å²) in [5, 5.41) is 4.01. The van der Waals surface area contributed by atoms with Crippen LogP contribution >= 0.6 is 11.6 Å². The van der Waals surface area contributed by atoms with Crippen molar-refractivity contribution in [2.24, 2.45) is 5.92 Å². The van der Waals surface area contributed by atoms with Crippen LogP contribution in [0, 0.1) is 11.7 Å². The maximum Gasteiger partial charge on any atom is 0.124 e. The lowest BCUT2D eigenvalue weighted by Crippen LogP contribution is -2.30. The molecule has 0 fully saturated rings. The first kappa shape index (κ1) is 15.5. The Labute approximate surface area is 115 Å². The highest BCUT2D eigenvalue weighted by Crippen LogP contribution is 2.22. The van der Waals surface area contributed by atoms with Crippen LogP contribution in [0.25, 0.3) is 0 Å². The van der Waals surface area contributed by atoms with Crippen LogP contribution in [-0.4, -0.2) is 12.6 Å². The molecular weight excluding hydrogens is 249 g/mol. The van der Waals surface area contributed by atoms with Crippen LogP contribution in [0.1, 0.15) is 39.2 Å². The molecule has 1 aromatic rings. The van der Waals surface area contributed by atoms with E-state index in [0.29, 0.717) is 17.0 Å². The lowest BCUT2D eigenvalue weighted by Gasteiger charge is -2.19. The second kappa shape index (κ2) is 7.75. The maximum atomic E-state index is 13.0. The first-order valence-corrected chi connectivity index (χ1v) is 7.08. The molecule has 0 radical (unpaired) electrons. The van der Waals surface area contributed by atoms with Crippen molar-refractivity contribution in [3.05, 3.63) is 34.6 Å². The van der Waals surface area contributed by atoms with Crippen molar-refractivity contribution in [3.63, 3.8) is 0 Å². The number of nitrogens with one attached hydrogen (secondary N) is 1. The average Bonchev–Trinajstić information content (AvgIpc) is 2.29. The standard InChI is InChI=1S/C15H23ClFN/c1-4-5-12(10-18-11(2)3)8-13-6-7-14(17)9-15(13)16/h6-7,9,11-12,18H,4-5,8,10H2,1-3H3. The molecule has 1 nitrogen and oxygen atoms in total. The Kier molecular flexibility index (Phi) is 6.66.